The molecule has 0 aliphatic carbocycles. The second-order valence-corrected chi connectivity index (χ2v) is 6.24. The number of halogens is 1. The number of thiocarbonyl (C=S) groups is 1. The molecule has 0 saturated heterocycles. The Labute approximate surface area is 143 Å². The first kappa shape index (κ1) is 16.1. The van der Waals surface area contributed by atoms with E-state index in [0.717, 1.165) is 35.3 Å². The summed E-state index contributed by atoms with van der Waals surface area (Å²) in [4.78, 5) is 0.351. The monoisotopic (exact) mass is 412 g/mol. The van der Waals surface area contributed by atoms with Gasteiger partial charge in [-0.2, -0.15) is 5.10 Å². The lowest BCUT2D eigenvalue weighted by Gasteiger charge is -2.15. The Morgan fingerprint density at radius 1 is 1.19 bits per heavy atom. The number of nitrogens with zero attached hydrogens (tertiary/aromatic N) is 2. The van der Waals surface area contributed by atoms with E-state index in [9.17, 15) is 0 Å². The molecule has 1 aromatic heterocycles. The number of benzene rings is 1. The summed E-state index contributed by atoms with van der Waals surface area (Å²) in [5.41, 5.74) is 9.69. The van der Waals surface area contributed by atoms with Crippen molar-refractivity contribution in [3.63, 3.8) is 0 Å². The molecule has 0 saturated carbocycles. The molecule has 2 aromatic rings. The van der Waals surface area contributed by atoms with Crippen LogP contribution in [0.15, 0.2) is 24.3 Å². The van der Waals surface area contributed by atoms with Crippen molar-refractivity contribution in [1.29, 1.82) is 0 Å². The highest BCUT2D eigenvalue weighted by molar-refractivity contribution is 14.1. The summed E-state index contributed by atoms with van der Waals surface area (Å²) in [7, 11) is 0. The molecule has 0 fully saturated rings. The zero-order valence-corrected chi connectivity index (χ0v) is 15.0. The Morgan fingerprint density at radius 2 is 1.86 bits per heavy atom. The number of nitrogens with one attached hydrogen (secondary N) is 1. The summed E-state index contributed by atoms with van der Waals surface area (Å²) in [5.74, 6) is 0.623. The van der Waals surface area contributed by atoms with Gasteiger partial charge in [0.05, 0.1) is 11.3 Å². The summed E-state index contributed by atoms with van der Waals surface area (Å²) < 4.78 is 1.18. The van der Waals surface area contributed by atoms with Gasteiger partial charge in [0.15, 0.2) is 5.82 Å². The number of hydrogen-bond donors (Lipinski definition) is 2. The quantitative estimate of drug-likeness (QED) is 0.581. The van der Waals surface area contributed by atoms with Crippen LogP contribution in [0.25, 0.3) is 0 Å². The summed E-state index contributed by atoms with van der Waals surface area (Å²) in [6, 6.07) is 8.04. The molecule has 0 amide bonds. The molecule has 0 unspecified atom stereocenters. The molecule has 0 spiro atoms. The minimum atomic E-state index is 0.351. The Kier molecular flexibility index (Phi) is 5.46. The van der Waals surface area contributed by atoms with Gasteiger partial charge in [0.25, 0.3) is 0 Å². The van der Waals surface area contributed by atoms with E-state index in [4.69, 9.17) is 18.0 Å². The number of hydrogen-bond acceptors (Lipinski definition) is 4. The molecule has 110 valence electrons. The summed E-state index contributed by atoms with van der Waals surface area (Å²) in [6.45, 7) is 4.13. The minimum Gasteiger partial charge on any atom is -0.389 e. The third-order valence-electron chi connectivity index (χ3n) is 3.20. The largest absolute Gasteiger partial charge is 0.389 e. The van der Waals surface area contributed by atoms with Crippen molar-refractivity contribution in [2.45, 2.75) is 26.7 Å². The average molecular weight is 412 g/mol. The molecule has 1 aromatic carbocycles. The van der Waals surface area contributed by atoms with Gasteiger partial charge >= 0.3 is 0 Å². The van der Waals surface area contributed by atoms with Crippen LogP contribution in [0.4, 0.5) is 11.5 Å². The average Bonchev–Trinajstić information content (AvgIpc) is 2.48. The molecule has 2 rings (SSSR count). The Morgan fingerprint density at radius 3 is 2.38 bits per heavy atom. The minimum absolute atomic E-state index is 0.351. The summed E-state index contributed by atoms with van der Waals surface area (Å²) in [6.07, 6.45) is 1.64. The highest BCUT2D eigenvalue weighted by Gasteiger charge is 2.16. The lowest BCUT2D eigenvalue weighted by atomic mass is 10.0. The van der Waals surface area contributed by atoms with E-state index < -0.39 is 0 Å². The lowest BCUT2D eigenvalue weighted by Crippen LogP contribution is -2.18. The van der Waals surface area contributed by atoms with Crippen LogP contribution in [0.5, 0.6) is 0 Å². The molecule has 4 nitrogen and oxygen atoms in total. The van der Waals surface area contributed by atoms with Crippen molar-refractivity contribution in [1.82, 2.24) is 10.2 Å². The predicted octanol–water partition coefficient (Wildman–Crippen LogP) is 3.58. The van der Waals surface area contributed by atoms with E-state index in [1.165, 1.54) is 3.57 Å². The highest BCUT2D eigenvalue weighted by atomic mass is 127. The smallest absolute Gasteiger partial charge is 0.163 e. The molecule has 0 radical (unpaired) electrons. The van der Waals surface area contributed by atoms with Gasteiger partial charge in [-0.25, -0.2) is 0 Å². The molecule has 3 N–H and O–H groups in total. The van der Waals surface area contributed by atoms with Crippen LogP contribution >= 0.6 is 34.8 Å². The van der Waals surface area contributed by atoms with E-state index in [1.54, 1.807) is 0 Å². The van der Waals surface area contributed by atoms with Gasteiger partial charge in [0.2, 0.25) is 0 Å². The van der Waals surface area contributed by atoms with E-state index >= 15 is 0 Å². The molecule has 0 bridgehead atoms. The Hall–Kier alpha value is -1.28. The number of aryl methyl sites for hydroxylation is 1. The van der Waals surface area contributed by atoms with Crippen LogP contribution in [0.3, 0.4) is 0 Å². The third-order valence-corrected chi connectivity index (χ3v) is 4.12. The molecule has 21 heavy (non-hydrogen) atoms. The van der Waals surface area contributed by atoms with Crippen LogP contribution in [0, 0.1) is 3.57 Å². The number of anilines is 2. The van der Waals surface area contributed by atoms with Gasteiger partial charge in [-0.15, -0.1) is 5.10 Å². The maximum atomic E-state index is 5.91. The zero-order chi connectivity index (χ0) is 15.4. The first-order valence-electron chi connectivity index (χ1n) is 6.77. The van der Waals surface area contributed by atoms with Crippen LogP contribution in [-0.2, 0) is 12.8 Å². The van der Waals surface area contributed by atoms with E-state index in [2.05, 4.69) is 52.0 Å². The number of nitrogens with two attached hydrogens (primary N) is 1. The van der Waals surface area contributed by atoms with Crippen LogP contribution < -0.4 is 11.1 Å². The summed E-state index contributed by atoms with van der Waals surface area (Å²) >= 11 is 7.49. The Balaban J connectivity index is 2.48. The fraction of sp³-hybridized carbons (Fsp3) is 0.267. The van der Waals surface area contributed by atoms with E-state index in [1.807, 2.05) is 24.3 Å². The second-order valence-electron chi connectivity index (χ2n) is 4.55. The number of aromatic nitrogens is 2. The molecule has 0 aliphatic rings. The van der Waals surface area contributed by atoms with Gasteiger partial charge in [-0.1, -0.05) is 26.1 Å². The molecule has 0 atom stereocenters. The van der Waals surface area contributed by atoms with Crippen molar-refractivity contribution in [3.8, 4) is 0 Å². The maximum Gasteiger partial charge on any atom is 0.163 e. The maximum absolute atomic E-state index is 5.91. The SMILES string of the molecule is CCc1nnc(Nc2ccc(I)cc2)c(C(N)=S)c1CC. The van der Waals surface area contributed by atoms with Crippen molar-refractivity contribution >= 4 is 51.3 Å². The van der Waals surface area contributed by atoms with Gasteiger partial charge in [0, 0.05) is 9.26 Å². The van der Waals surface area contributed by atoms with Crippen molar-refractivity contribution in [2.24, 2.45) is 5.73 Å². The zero-order valence-electron chi connectivity index (χ0n) is 12.0. The third kappa shape index (κ3) is 3.68. The van der Waals surface area contributed by atoms with Crippen molar-refractivity contribution in [3.05, 3.63) is 44.7 Å². The molecule has 6 heteroatoms. The van der Waals surface area contributed by atoms with Gasteiger partial charge in [-0.3, -0.25) is 0 Å². The first-order chi connectivity index (χ1) is 10.1. The fourth-order valence-electron chi connectivity index (χ4n) is 2.20. The van der Waals surface area contributed by atoms with Gasteiger partial charge in [-0.05, 0) is 65.3 Å². The van der Waals surface area contributed by atoms with Gasteiger partial charge in [0.1, 0.15) is 4.99 Å². The van der Waals surface area contributed by atoms with E-state index in [0.29, 0.717) is 10.8 Å². The fourth-order valence-corrected chi connectivity index (χ4v) is 2.78. The van der Waals surface area contributed by atoms with Crippen LogP contribution in [0.2, 0.25) is 0 Å². The van der Waals surface area contributed by atoms with Crippen molar-refractivity contribution < 1.29 is 0 Å². The predicted molar refractivity (Wildman–Crippen MR) is 99.1 cm³/mol. The molecule has 1 heterocycles. The molecular formula is C15H17IN4S. The van der Waals surface area contributed by atoms with Gasteiger partial charge < -0.3 is 11.1 Å². The topological polar surface area (TPSA) is 63.8 Å². The molecule has 0 aliphatic heterocycles. The molecular weight excluding hydrogens is 395 g/mol. The second kappa shape index (κ2) is 7.13. The van der Waals surface area contributed by atoms with Crippen molar-refractivity contribution in [2.75, 3.05) is 5.32 Å². The van der Waals surface area contributed by atoms with E-state index in [-0.39, 0.29) is 0 Å². The van der Waals surface area contributed by atoms with Crippen LogP contribution in [-0.4, -0.2) is 15.2 Å². The standard InChI is InChI=1S/C15H17IN4S/c1-3-11-12(4-2)19-20-15(13(11)14(17)21)18-10-7-5-9(16)6-8-10/h5-8H,3-4H2,1-2H3,(H2,17,21)(H,18,20). The lowest BCUT2D eigenvalue weighted by molar-refractivity contribution is 0.879. The van der Waals surface area contributed by atoms with Crippen LogP contribution in [0.1, 0.15) is 30.7 Å². The number of rotatable bonds is 5. The normalized spacial score (nSPS) is 10.4. The first-order valence-corrected chi connectivity index (χ1v) is 8.26. The highest BCUT2D eigenvalue weighted by Crippen LogP contribution is 2.24. The summed E-state index contributed by atoms with van der Waals surface area (Å²) in [5, 5.41) is 11.8. The Bertz CT molecular complexity index is 655.